The zero-order valence-electron chi connectivity index (χ0n) is 18.5. The number of halogens is 3. The lowest BCUT2D eigenvalue weighted by atomic mass is 10.1. The van der Waals surface area contributed by atoms with Gasteiger partial charge in [0.2, 0.25) is 0 Å². The number of methoxy groups -OCH3 is 1. The summed E-state index contributed by atoms with van der Waals surface area (Å²) in [4.78, 5) is 51.0. The number of esters is 1. The minimum absolute atomic E-state index is 0.145. The second kappa shape index (κ2) is 10.4. The van der Waals surface area contributed by atoms with Crippen molar-refractivity contribution >= 4 is 75.6 Å². The van der Waals surface area contributed by atoms with Gasteiger partial charge in [0, 0.05) is 11.3 Å². The molecule has 3 aromatic carbocycles. The summed E-state index contributed by atoms with van der Waals surface area (Å²) in [7, 11) is 1.23. The van der Waals surface area contributed by atoms with Gasteiger partial charge < -0.3 is 15.4 Å². The van der Waals surface area contributed by atoms with Gasteiger partial charge in [-0.2, -0.15) is 0 Å². The molecule has 11 heteroatoms. The molecular formula is C25H16Cl3N3O5. The van der Waals surface area contributed by atoms with E-state index in [0.29, 0.717) is 22.0 Å². The van der Waals surface area contributed by atoms with E-state index in [1.807, 2.05) is 0 Å². The summed E-state index contributed by atoms with van der Waals surface area (Å²) < 4.78 is 4.68. The molecule has 8 nitrogen and oxygen atoms in total. The lowest BCUT2D eigenvalue weighted by molar-refractivity contribution is -0.120. The van der Waals surface area contributed by atoms with E-state index in [0.717, 1.165) is 4.90 Å². The van der Waals surface area contributed by atoms with Gasteiger partial charge in [-0.05, 0) is 54.6 Å². The molecule has 1 heterocycles. The predicted octanol–water partition coefficient (Wildman–Crippen LogP) is 5.47. The Morgan fingerprint density at radius 1 is 0.861 bits per heavy atom. The predicted molar refractivity (Wildman–Crippen MR) is 138 cm³/mol. The Kier molecular flexibility index (Phi) is 7.30. The third-order valence-corrected chi connectivity index (χ3v) is 6.34. The summed E-state index contributed by atoms with van der Waals surface area (Å²) in [5.41, 5.74) is 1.27. The minimum Gasteiger partial charge on any atom is -0.465 e. The molecule has 0 radical (unpaired) electrons. The van der Waals surface area contributed by atoms with Crippen molar-refractivity contribution in [2.75, 3.05) is 22.6 Å². The van der Waals surface area contributed by atoms with Crippen molar-refractivity contribution in [2.45, 2.75) is 0 Å². The summed E-state index contributed by atoms with van der Waals surface area (Å²) in [6.45, 7) is 0. The van der Waals surface area contributed by atoms with Crippen LogP contribution in [0.1, 0.15) is 20.7 Å². The lowest BCUT2D eigenvalue weighted by Gasteiger charge is -2.16. The number of nitrogens with zero attached hydrogens (tertiary/aromatic N) is 1. The van der Waals surface area contributed by atoms with Crippen LogP contribution in [0.2, 0.25) is 10.0 Å². The summed E-state index contributed by atoms with van der Waals surface area (Å²) in [5.74, 6) is -2.49. The van der Waals surface area contributed by atoms with Crippen LogP contribution in [0.25, 0.3) is 0 Å². The minimum atomic E-state index is -0.749. The van der Waals surface area contributed by atoms with Gasteiger partial charge in [0.15, 0.2) is 0 Å². The van der Waals surface area contributed by atoms with Gasteiger partial charge >= 0.3 is 5.97 Å². The third kappa shape index (κ3) is 4.92. The Morgan fingerprint density at radius 2 is 1.56 bits per heavy atom. The molecule has 182 valence electrons. The summed E-state index contributed by atoms with van der Waals surface area (Å²) >= 11 is 18.3. The Labute approximate surface area is 220 Å². The number of anilines is 3. The summed E-state index contributed by atoms with van der Waals surface area (Å²) in [6.07, 6.45) is 0. The molecule has 3 amide bonds. The molecule has 2 N–H and O–H groups in total. The van der Waals surface area contributed by atoms with Crippen molar-refractivity contribution in [3.63, 3.8) is 0 Å². The topological polar surface area (TPSA) is 105 Å². The van der Waals surface area contributed by atoms with Gasteiger partial charge in [0.1, 0.15) is 10.7 Å². The van der Waals surface area contributed by atoms with Crippen LogP contribution in [-0.4, -0.2) is 30.8 Å². The molecule has 1 aliphatic rings. The Bertz CT molecular complexity index is 1440. The maximum absolute atomic E-state index is 13.0. The maximum atomic E-state index is 13.0. The van der Waals surface area contributed by atoms with E-state index in [1.54, 1.807) is 30.3 Å². The van der Waals surface area contributed by atoms with Gasteiger partial charge in [-0.1, -0.05) is 46.9 Å². The second-order valence-electron chi connectivity index (χ2n) is 7.43. The molecular weight excluding hydrogens is 529 g/mol. The van der Waals surface area contributed by atoms with Crippen LogP contribution in [0.4, 0.5) is 17.1 Å². The van der Waals surface area contributed by atoms with Crippen LogP contribution in [0, 0.1) is 0 Å². The molecule has 0 fully saturated rings. The first-order valence-electron chi connectivity index (χ1n) is 10.3. The van der Waals surface area contributed by atoms with E-state index in [9.17, 15) is 19.2 Å². The molecule has 0 saturated heterocycles. The van der Waals surface area contributed by atoms with Crippen molar-refractivity contribution in [3.8, 4) is 0 Å². The van der Waals surface area contributed by atoms with E-state index >= 15 is 0 Å². The average molecular weight is 545 g/mol. The quantitative estimate of drug-likeness (QED) is 0.315. The van der Waals surface area contributed by atoms with Gasteiger partial charge in [-0.3, -0.25) is 14.4 Å². The molecule has 0 unspecified atom stereocenters. The van der Waals surface area contributed by atoms with Crippen LogP contribution in [0.5, 0.6) is 0 Å². The highest BCUT2D eigenvalue weighted by Gasteiger charge is 2.39. The highest BCUT2D eigenvalue weighted by Crippen LogP contribution is 2.32. The number of carbonyl (C=O) groups excluding carboxylic acids is 4. The Morgan fingerprint density at radius 3 is 2.25 bits per heavy atom. The van der Waals surface area contributed by atoms with Crippen molar-refractivity contribution in [1.29, 1.82) is 0 Å². The van der Waals surface area contributed by atoms with Gasteiger partial charge in [-0.15, -0.1) is 0 Å². The first kappa shape index (κ1) is 25.2. The van der Waals surface area contributed by atoms with Crippen molar-refractivity contribution in [3.05, 3.63) is 98.6 Å². The molecule has 3 aromatic rings. The first-order chi connectivity index (χ1) is 17.2. The summed E-state index contributed by atoms with van der Waals surface area (Å²) in [5, 5.41) is 5.71. The zero-order valence-corrected chi connectivity index (χ0v) is 20.7. The monoisotopic (exact) mass is 543 g/mol. The molecule has 4 rings (SSSR count). The molecule has 0 atom stereocenters. The number of ether oxygens (including phenoxy) is 1. The Hall–Kier alpha value is -3.85. The highest BCUT2D eigenvalue weighted by atomic mass is 35.5. The van der Waals surface area contributed by atoms with Crippen molar-refractivity contribution < 1.29 is 23.9 Å². The highest BCUT2D eigenvalue weighted by molar-refractivity contribution is 6.53. The number of amides is 3. The second-order valence-corrected chi connectivity index (χ2v) is 8.60. The third-order valence-electron chi connectivity index (χ3n) is 5.17. The van der Waals surface area contributed by atoms with Crippen LogP contribution in [0.3, 0.4) is 0 Å². The van der Waals surface area contributed by atoms with E-state index < -0.39 is 23.7 Å². The smallest absolute Gasteiger partial charge is 0.337 e. The molecule has 1 aliphatic heterocycles. The summed E-state index contributed by atoms with van der Waals surface area (Å²) in [6, 6.07) is 16.9. The number of nitrogens with one attached hydrogen (secondary N) is 2. The SMILES string of the molecule is COC(=O)c1cccc(N2C(=O)C(Cl)=C(Nc3ccc(C(=O)Nc4cccc(Cl)c4Cl)cc3)C2=O)c1. The number of hydrogen-bond acceptors (Lipinski definition) is 6. The van der Waals surface area contributed by atoms with E-state index in [2.05, 4.69) is 15.4 Å². The number of benzene rings is 3. The number of imide groups is 1. The largest absolute Gasteiger partial charge is 0.465 e. The van der Waals surface area contributed by atoms with E-state index in [1.165, 1.54) is 43.5 Å². The first-order valence-corrected chi connectivity index (χ1v) is 11.4. The van der Waals surface area contributed by atoms with Gasteiger partial charge in [0.25, 0.3) is 17.7 Å². The fraction of sp³-hybridized carbons (Fsp3) is 0.0400. The fourth-order valence-electron chi connectivity index (χ4n) is 3.38. The van der Waals surface area contributed by atoms with Crippen molar-refractivity contribution in [2.24, 2.45) is 0 Å². The normalized spacial score (nSPS) is 13.2. The molecule has 0 aromatic heterocycles. The molecule has 0 spiro atoms. The number of carbonyl (C=O) groups is 4. The van der Waals surface area contributed by atoms with Gasteiger partial charge in [0.05, 0.1) is 34.1 Å². The fourth-order valence-corrected chi connectivity index (χ4v) is 3.94. The molecule has 0 saturated carbocycles. The standard InChI is InChI=1S/C25H16Cl3N3O5/c1-36-25(35)14-4-2-5-16(12-14)31-23(33)20(28)21(24(31)34)29-15-10-8-13(9-11-15)22(32)30-18-7-3-6-17(26)19(18)27/h2-12,29H,1H3,(H,30,32). The Balaban J connectivity index is 1.50. The molecule has 36 heavy (non-hydrogen) atoms. The van der Waals surface area contributed by atoms with Crippen LogP contribution in [-0.2, 0) is 14.3 Å². The van der Waals surface area contributed by atoms with Crippen LogP contribution in [0.15, 0.2) is 77.5 Å². The maximum Gasteiger partial charge on any atom is 0.337 e. The van der Waals surface area contributed by atoms with Crippen molar-refractivity contribution in [1.82, 2.24) is 0 Å². The molecule has 0 aliphatic carbocycles. The molecule has 0 bridgehead atoms. The van der Waals surface area contributed by atoms with E-state index in [-0.39, 0.29) is 27.0 Å². The average Bonchev–Trinajstić information content (AvgIpc) is 3.09. The van der Waals surface area contributed by atoms with Crippen LogP contribution >= 0.6 is 34.8 Å². The number of hydrogen-bond donors (Lipinski definition) is 2. The lowest BCUT2D eigenvalue weighted by Crippen LogP contribution is -2.32. The van der Waals surface area contributed by atoms with E-state index in [4.69, 9.17) is 34.8 Å². The van der Waals surface area contributed by atoms with Crippen LogP contribution < -0.4 is 15.5 Å². The zero-order chi connectivity index (χ0) is 26.0. The van der Waals surface area contributed by atoms with Gasteiger partial charge in [-0.25, -0.2) is 9.69 Å². The number of rotatable bonds is 6.